The minimum absolute atomic E-state index is 0.485. The topological polar surface area (TPSA) is 30.7 Å². The van der Waals surface area contributed by atoms with Gasteiger partial charge < -0.3 is 4.57 Å². The van der Waals surface area contributed by atoms with E-state index in [2.05, 4.69) is 40.3 Å². The smallest absolute Gasteiger partial charge is 0.145 e. The van der Waals surface area contributed by atoms with Gasteiger partial charge in [0.25, 0.3) is 0 Å². The number of halogens is 1. The lowest BCUT2D eigenvalue weighted by Crippen LogP contribution is -2.05. The molecule has 0 aliphatic heterocycles. The first-order valence-corrected chi connectivity index (χ1v) is 8.41. The number of thioether (sulfide) groups is 1. The van der Waals surface area contributed by atoms with Crippen molar-refractivity contribution in [2.45, 2.75) is 32.2 Å². The second-order valence-corrected chi connectivity index (χ2v) is 6.66. The number of hydrogen-bond acceptors (Lipinski definition) is 3. The zero-order valence-corrected chi connectivity index (χ0v) is 13.6. The predicted octanol–water partition coefficient (Wildman–Crippen LogP) is 5.21. The van der Waals surface area contributed by atoms with Crippen molar-refractivity contribution in [3.63, 3.8) is 0 Å². The molecule has 1 saturated carbocycles. The Hall–Kier alpha value is -1.26. The maximum atomic E-state index is 6.13. The van der Waals surface area contributed by atoms with Gasteiger partial charge in [0.2, 0.25) is 0 Å². The predicted molar refractivity (Wildman–Crippen MR) is 90.5 cm³/mol. The van der Waals surface area contributed by atoms with Gasteiger partial charge in [-0.25, -0.2) is 9.97 Å². The van der Waals surface area contributed by atoms with E-state index in [1.807, 2.05) is 11.5 Å². The molecular formula is C16H18ClN3S. The van der Waals surface area contributed by atoms with Gasteiger partial charge in [0.1, 0.15) is 17.1 Å². The lowest BCUT2D eigenvalue weighted by Gasteiger charge is -2.15. The van der Waals surface area contributed by atoms with Crippen LogP contribution in [0.25, 0.3) is 11.0 Å². The van der Waals surface area contributed by atoms with Crippen LogP contribution in [0.3, 0.4) is 0 Å². The van der Waals surface area contributed by atoms with E-state index in [1.54, 1.807) is 18.1 Å². The van der Waals surface area contributed by atoms with Crippen molar-refractivity contribution in [3.05, 3.63) is 46.7 Å². The van der Waals surface area contributed by atoms with Crippen molar-refractivity contribution in [1.82, 2.24) is 14.5 Å². The van der Waals surface area contributed by atoms with Crippen LogP contribution in [-0.4, -0.2) is 14.5 Å². The van der Waals surface area contributed by atoms with Gasteiger partial charge in [0, 0.05) is 12.2 Å². The number of aromatic nitrogens is 3. The standard InChI is InChI=1S/C16H18ClN3S/c1-3-14(21-4-2)11-5-6-12(9-11)20-8-7-13-15(17)18-10-19-16(13)20/h3-4,7-8,10-12H,2,5-6,9H2,1H3/b14-3-. The zero-order valence-electron chi connectivity index (χ0n) is 12.0. The average Bonchev–Trinajstić information content (AvgIpc) is 3.11. The molecule has 0 amide bonds. The fourth-order valence-corrected chi connectivity index (χ4v) is 4.13. The van der Waals surface area contributed by atoms with E-state index in [-0.39, 0.29) is 0 Å². The van der Waals surface area contributed by atoms with Crippen LogP contribution < -0.4 is 0 Å². The van der Waals surface area contributed by atoms with Gasteiger partial charge in [-0.15, -0.1) is 11.8 Å². The summed E-state index contributed by atoms with van der Waals surface area (Å²) in [4.78, 5) is 9.88. The van der Waals surface area contributed by atoms with Crippen LogP contribution in [0.5, 0.6) is 0 Å². The number of rotatable bonds is 4. The lowest BCUT2D eigenvalue weighted by molar-refractivity contribution is 0.516. The summed E-state index contributed by atoms with van der Waals surface area (Å²) in [6.45, 7) is 5.93. The van der Waals surface area contributed by atoms with Gasteiger partial charge in [-0.1, -0.05) is 24.3 Å². The monoisotopic (exact) mass is 319 g/mol. The molecule has 1 aliphatic carbocycles. The summed E-state index contributed by atoms with van der Waals surface area (Å²) in [5.41, 5.74) is 0.944. The average molecular weight is 320 g/mol. The SMILES string of the molecule is C=CS/C(=C\C)C1CCC(n2ccc3c(Cl)ncnc32)C1. The van der Waals surface area contributed by atoms with Gasteiger partial charge in [-0.05, 0) is 48.5 Å². The highest BCUT2D eigenvalue weighted by Crippen LogP contribution is 2.43. The summed E-state index contributed by atoms with van der Waals surface area (Å²) >= 11 is 7.88. The van der Waals surface area contributed by atoms with Crippen molar-refractivity contribution < 1.29 is 0 Å². The first-order valence-electron chi connectivity index (χ1n) is 7.15. The highest BCUT2D eigenvalue weighted by atomic mass is 35.5. The van der Waals surface area contributed by atoms with Gasteiger partial charge in [-0.3, -0.25) is 0 Å². The summed E-state index contributed by atoms with van der Waals surface area (Å²) in [7, 11) is 0. The summed E-state index contributed by atoms with van der Waals surface area (Å²) in [5.74, 6) is 0.623. The second kappa shape index (κ2) is 6.24. The van der Waals surface area contributed by atoms with Gasteiger partial charge in [0.15, 0.2) is 0 Å². The lowest BCUT2D eigenvalue weighted by atomic mass is 10.1. The van der Waals surface area contributed by atoms with Crippen LogP contribution >= 0.6 is 23.4 Å². The molecule has 21 heavy (non-hydrogen) atoms. The third-order valence-corrected chi connectivity index (χ3v) is 5.47. The van der Waals surface area contributed by atoms with Crippen LogP contribution in [-0.2, 0) is 0 Å². The molecule has 0 spiro atoms. The number of fused-ring (bicyclic) bond motifs is 1. The summed E-state index contributed by atoms with van der Waals surface area (Å²) in [6.07, 6.45) is 9.37. The molecule has 2 heterocycles. The van der Waals surface area contributed by atoms with Crippen LogP contribution in [0.2, 0.25) is 5.15 Å². The molecule has 3 rings (SSSR count). The molecule has 110 valence electrons. The number of allylic oxidation sites excluding steroid dienone is 2. The Morgan fingerprint density at radius 2 is 2.33 bits per heavy atom. The third-order valence-electron chi connectivity index (χ3n) is 4.17. The molecule has 0 saturated heterocycles. The minimum atomic E-state index is 0.485. The molecule has 1 aliphatic rings. The van der Waals surface area contributed by atoms with E-state index in [4.69, 9.17) is 11.6 Å². The molecule has 2 aromatic heterocycles. The molecule has 0 radical (unpaired) electrons. The Kier molecular flexibility index (Phi) is 4.36. The van der Waals surface area contributed by atoms with E-state index < -0.39 is 0 Å². The highest BCUT2D eigenvalue weighted by Gasteiger charge is 2.29. The van der Waals surface area contributed by atoms with Crippen LogP contribution in [0.1, 0.15) is 32.2 Å². The van der Waals surface area contributed by atoms with E-state index in [0.717, 1.165) is 17.5 Å². The van der Waals surface area contributed by atoms with Crippen molar-refractivity contribution in [2.75, 3.05) is 0 Å². The van der Waals surface area contributed by atoms with Crippen LogP contribution in [0.15, 0.2) is 41.6 Å². The van der Waals surface area contributed by atoms with Crippen molar-refractivity contribution >= 4 is 34.4 Å². The Balaban J connectivity index is 1.85. The minimum Gasteiger partial charge on any atom is -0.329 e. The molecule has 0 N–H and O–H groups in total. The maximum Gasteiger partial charge on any atom is 0.145 e. The molecule has 2 aromatic rings. The van der Waals surface area contributed by atoms with Gasteiger partial charge in [-0.2, -0.15) is 0 Å². The molecular weight excluding hydrogens is 302 g/mol. The van der Waals surface area contributed by atoms with Crippen molar-refractivity contribution in [1.29, 1.82) is 0 Å². The first-order chi connectivity index (χ1) is 10.2. The Labute approximate surface area is 134 Å². The van der Waals surface area contributed by atoms with Crippen LogP contribution in [0.4, 0.5) is 0 Å². The normalized spacial score (nSPS) is 22.9. The number of hydrogen-bond donors (Lipinski definition) is 0. The number of nitrogens with zero attached hydrogens (tertiary/aromatic N) is 3. The van der Waals surface area contributed by atoms with Gasteiger partial charge in [0.05, 0.1) is 5.39 Å². The fourth-order valence-electron chi connectivity index (χ4n) is 3.20. The van der Waals surface area contributed by atoms with E-state index in [9.17, 15) is 0 Å². The molecule has 1 fully saturated rings. The molecule has 0 bridgehead atoms. The second-order valence-electron chi connectivity index (χ2n) is 5.26. The van der Waals surface area contributed by atoms with E-state index >= 15 is 0 Å². The Bertz CT molecular complexity index is 692. The summed E-state index contributed by atoms with van der Waals surface area (Å²) in [6, 6.07) is 2.50. The van der Waals surface area contributed by atoms with Crippen LogP contribution in [0, 0.1) is 5.92 Å². The molecule has 3 nitrogen and oxygen atoms in total. The summed E-state index contributed by atoms with van der Waals surface area (Å²) in [5, 5.41) is 3.39. The molecule has 2 atom stereocenters. The first kappa shape index (κ1) is 14.7. The van der Waals surface area contributed by atoms with E-state index in [1.165, 1.54) is 17.7 Å². The largest absolute Gasteiger partial charge is 0.329 e. The quantitative estimate of drug-likeness (QED) is 0.725. The Morgan fingerprint density at radius 3 is 3.10 bits per heavy atom. The maximum absolute atomic E-state index is 6.13. The summed E-state index contributed by atoms with van der Waals surface area (Å²) < 4.78 is 2.26. The fraction of sp³-hybridized carbons (Fsp3) is 0.375. The molecule has 5 heteroatoms. The van der Waals surface area contributed by atoms with Crippen molar-refractivity contribution in [3.8, 4) is 0 Å². The van der Waals surface area contributed by atoms with Crippen molar-refractivity contribution in [2.24, 2.45) is 5.92 Å². The molecule has 2 unspecified atom stereocenters. The third kappa shape index (κ3) is 2.74. The Morgan fingerprint density at radius 1 is 1.48 bits per heavy atom. The van der Waals surface area contributed by atoms with E-state index in [0.29, 0.717) is 17.1 Å². The molecule has 0 aromatic carbocycles. The zero-order chi connectivity index (χ0) is 14.8. The highest BCUT2D eigenvalue weighted by molar-refractivity contribution is 8.05. The van der Waals surface area contributed by atoms with Gasteiger partial charge >= 0.3 is 0 Å².